The number of nitrogens with two attached hydrogens (primary N) is 1. The Balaban J connectivity index is 2.89. The molecule has 0 bridgehead atoms. The van der Waals surface area contributed by atoms with Gasteiger partial charge in [0.25, 0.3) is 0 Å². The van der Waals surface area contributed by atoms with E-state index in [9.17, 15) is 4.39 Å². The van der Waals surface area contributed by atoms with Gasteiger partial charge in [-0.25, -0.2) is 14.4 Å². The molecule has 1 aromatic heterocycles. The average Bonchev–Trinajstić information content (AvgIpc) is 2.09. The van der Waals surface area contributed by atoms with Gasteiger partial charge in [-0.2, -0.15) is 0 Å². The molecule has 2 aromatic rings. The number of halogens is 2. The van der Waals surface area contributed by atoms with Crippen molar-refractivity contribution in [3.63, 3.8) is 0 Å². The molecule has 0 aliphatic carbocycles. The summed E-state index contributed by atoms with van der Waals surface area (Å²) in [4.78, 5) is 7.61. The second kappa shape index (κ2) is 2.81. The number of fused-ring (bicyclic) bond motifs is 1. The van der Waals surface area contributed by atoms with E-state index < -0.39 is 5.82 Å². The van der Waals surface area contributed by atoms with Crippen LogP contribution in [0, 0.1) is 5.82 Å². The first-order chi connectivity index (χ1) is 6.18. The van der Waals surface area contributed by atoms with Crippen LogP contribution in [-0.2, 0) is 0 Å². The lowest BCUT2D eigenvalue weighted by Gasteiger charge is -2.00. The molecule has 0 unspecified atom stereocenters. The number of aromatic nitrogens is 2. The smallest absolute Gasteiger partial charge is 0.148 e. The Morgan fingerprint density at radius 3 is 2.85 bits per heavy atom. The molecule has 0 radical (unpaired) electrons. The zero-order valence-electron chi connectivity index (χ0n) is 6.46. The highest BCUT2D eigenvalue weighted by atomic mass is 35.5. The molecule has 13 heavy (non-hydrogen) atoms. The minimum atomic E-state index is -0.498. The highest BCUT2D eigenvalue weighted by molar-refractivity contribution is 6.34. The lowest BCUT2D eigenvalue weighted by atomic mass is 10.2. The molecule has 0 amide bonds. The molecule has 0 saturated carbocycles. The van der Waals surface area contributed by atoms with Crippen molar-refractivity contribution in [2.75, 3.05) is 5.73 Å². The predicted molar refractivity (Wildman–Crippen MR) is 48.9 cm³/mol. The molecular formula is C8H5ClFN3. The molecular weight excluding hydrogens is 193 g/mol. The summed E-state index contributed by atoms with van der Waals surface area (Å²) in [5.41, 5.74) is 5.86. The number of benzene rings is 1. The Hall–Kier alpha value is -1.42. The summed E-state index contributed by atoms with van der Waals surface area (Å²) in [6.45, 7) is 0. The zero-order chi connectivity index (χ0) is 9.42. The van der Waals surface area contributed by atoms with E-state index >= 15 is 0 Å². The fourth-order valence-corrected chi connectivity index (χ4v) is 1.26. The summed E-state index contributed by atoms with van der Waals surface area (Å²) >= 11 is 5.75. The quantitative estimate of drug-likeness (QED) is 0.519. The number of nitrogen functional groups attached to an aromatic ring is 1. The third-order valence-corrected chi connectivity index (χ3v) is 2.01. The second-order valence-corrected chi connectivity index (χ2v) is 2.91. The minimum Gasteiger partial charge on any atom is -0.396 e. The van der Waals surface area contributed by atoms with Gasteiger partial charge in [-0.05, 0) is 6.07 Å². The van der Waals surface area contributed by atoms with Crippen molar-refractivity contribution in [1.82, 2.24) is 9.97 Å². The Kier molecular flexibility index (Phi) is 1.77. The van der Waals surface area contributed by atoms with Gasteiger partial charge in [-0.15, -0.1) is 0 Å². The van der Waals surface area contributed by atoms with Gasteiger partial charge in [-0.3, -0.25) is 0 Å². The van der Waals surface area contributed by atoms with Crippen molar-refractivity contribution in [3.05, 3.63) is 29.4 Å². The molecule has 0 atom stereocenters. The van der Waals surface area contributed by atoms with E-state index in [-0.39, 0.29) is 10.8 Å². The van der Waals surface area contributed by atoms with Crippen molar-refractivity contribution in [1.29, 1.82) is 0 Å². The fourth-order valence-electron chi connectivity index (χ4n) is 1.06. The van der Waals surface area contributed by atoms with Gasteiger partial charge < -0.3 is 5.73 Å². The lowest BCUT2D eigenvalue weighted by Crippen LogP contribution is -1.92. The van der Waals surface area contributed by atoms with E-state index in [1.807, 2.05) is 0 Å². The molecule has 3 nitrogen and oxygen atoms in total. The van der Waals surface area contributed by atoms with E-state index in [0.717, 1.165) is 0 Å². The standard InChI is InChI=1S/C8H5ClFN3/c9-8-4-1-6(11)5(10)2-7(4)12-3-13-8/h1-3H,11H2. The first-order valence-corrected chi connectivity index (χ1v) is 3.91. The summed E-state index contributed by atoms with van der Waals surface area (Å²) in [6.07, 6.45) is 1.28. The average molecular weight is 198 g/mol. The normalized spacial score (nSPS) is 10.6. The van der Waals surface area contributed by atoms with Crippen LogP contribution in [0.2, 0.25) is 5.15 Å². The molecule has 66 valence electrons. The van der Waals surface area contributed by atoms with Crippen LogP contribution in [0.4, 0.5) is 10.1 Å². The van der Waals surface area contributed by atoms with Crippen LogP contribution < -0.4 is 5.73 Å². The highest BCUT2D eigenvalue weighted by Crippen LogP contribution is 2.23. The molecule has 0 aliphatic heterocycles. The molecule has 0 aliphatic rings. The largest absolute Gasteiger partial charge is 0.396 e. The van der Waals surface area contributed by atoms with E-state index in [4.69, 9.17) is 17.3 Å². The maximum Gasteiger partial charge on any atom is 0.148 e. The number of anilines is 1. The van der Waals surface area contributed by atoms with Crippen molar-refractivity contribution in [2.24, 2.45) is 0 Å². The van der Waals surface area contributed by atoms with Gasteiger partial charge in [0.2, 0.25) is 0 Å². The molecule has 0 spiro atoms. The fraction of sp³-hybridized carbons (Fsp3) is 0. The lowest BCUT2D eigenvalue weighted by molar-refractivity contribution is 0.634. The third kappa shape index (κ3) is 1.29. The highest BCUT2D eigenvalue weighted by Gasteiger charge is 2.05. The summed E-state index contributed by atoms with van der Waals surface area (Å²) in [7, 11) is 0. The summed E-state index contributed by atoms with van der Waals surface area (Å²) < 4.78 is 13.0. The summed E-state index contributed by atoms with van der Waals surface area (Å²) in [5.74, 6) is -0.498. The maximum absolute atomic E-state index is 13.0. The Morgan fingerprint density at radius 1 is 1.31 bits per heavy atom. The van der Waals surface area contributed by atoms with Gasteiger partial charge in [0.1, 0.15) is 17.3 Å². The SMILES string of the molecule is Nc1cc2c(Cl)ncnc2cc1F. The number of hydrogen-bond acceptors (Lipinski definition) is 3. The van der Waals surface area contributed by atoms with Crippen molar-refractivity contribution in [2.45, 2.75) is 0 Å². The van der Waals surface area contributed by atoms with Gasteiger partial charge in [0.05, 0.1) is 11.2 Å². The van der Waals surface area contributed by atoms with Crippen LogP contribution in [0.3, 0.4) is 0 Å². The number of nitrogens with zero attached hydrogens (tertiary/aromatic N) is 2. The molecule has 1 aromatic carbocycles. The number of rotatable bonds is 0. The van der Waals surface area contributed by atoms with E-state index in [1.165, 1.54) is 18.5 Å². The topological polar surface area (TPSA) is 51.8 Å². The molecule has 0 saturated heterocycles. The minimum absolute atomic E-state index is 0.0456. The van der Waals surface area contributed by atoms with Crippen LogP contribution in [0.5, 0.6) is 0 Å². The van der Waals surface area contributed by atoms with Crippen LogP contribution in [0.1, 0.15) is 0 Å². The summed E-state index contributed by atoms with van der Waals surface area (Å²) in [6, 6.07) is 2.66. The van der Waals surface area contributed by atoms with Crippen molar-refractivity contribution >= 4 is 28.2 Å². The van der Waals surface area contributed by atoms with Gasteiger partial charge >= 0.3 is 0 Å². The first kappa shape index (κ1) is 8.19. The molecule has 2 rings (SSSR count). The molecule has 1 heterocycles. The Bertz CT molecular complexity index is 472. The van der Waals surface area contributed by atoms with Crippen LogP contribution in [0.15, 0.2) is 18.5 Å². The first-order valence-electron chi connectivity index (χ1n) is 3.53. The molecule has 0 fully saturated rings. The predicted octanol–water partition coefficient (Wildman–Crippen LogP) is 2.00. The van der Waals surface area contributed by atoms with Gasteiger partial charge in [-0.1, -0.05) is 11.6 Å². The molecule has 2 N–H and O–H groups in total. The molecule has 5 heteroatoms. The van der Waals surface area contributed by atoms with Crippen molar-refractivity contribution < 1.29 is 4.39 Å². The van der Waals surface area contributed by atoms with E-state index in [2.05, 4.69) is 9.97 Å². The monoisotopic (exact) mass is 197 g/mol. The number of hydrogen-bond donors (Lipinski definition) is 1. The van der Waals surface area contributed by atoms with Crippen molar-refractivity contribution in [3.8, 4) is 0 Å². The van der Waals surface area contributed by atoms with Crippen LogP contribution >= 0.6 is 11.6 Å². The third-order valence-electron chi connectivity index (χ3n) is 1.71. The van der Waals surface area contributed by atoms with E-state index in [1.54, 1.807) is 0 Å². The van der Waals surface area contributed by atoms with Gasteiger partial charge in [0, 0.05) is 11.5 Å². The zero-order valence-corrected chi connectivity index (χ0v) is 7.22. The van der Waals surface area contributed by atoms with Crippen LogP contribution in [-0.4, -0.2) is 9.97 Å². The summed E-state index contributed by atoms with van der Waals surface area (Å²) in [5, 5.41) is 0.833. The Labute approximate surface area is 78.4 Å². The maximum atomic E-state index is 13.0. The van der Waals surface area contributed by atoms with E-state index in [0.29, 0.717) is 10.9 Å². The second-order valence-electron chi connectivity index (χ2n) is 2.56. The van der Waals surface area contributed by atoms with Gasteiger partial charge in [0.15, 0.2) is 0 Å². The van der Waals surface area contributed by atoms with Crippen LogP contribution in [0.25, 0.3) is 10.9 Å². The Morgan fingerprint density at radius 2 is 2.08 bits per heavy atom.